The van der Waals surface area contributed by atoms with Crippen LogP contribution in [-0.2, 0) is 16.1 Å². The maximum atomic E-state index is 12.6. The largest absolute Gasteiger partial charge is 0.493 e. The van der Waals surface area contributed by atoms with E-state index in [9.17, 15) is 9.59 Å². The van der Waals surface area contributed by atoms with E-state index >= 15 is 0 Å². The SMILES string of the molecule is CCOC(=O)C1=C(C)N(C)C(=O)N[C@H]1c1ccc(OCc2ccccc2)c(OC)c1. The Morgan fingerprint density at radius 3 is 2.53 bits per heavy atom. The molecule has 0 bridgehead atoms. The first-order valence-corrected chi connectivity index (χ1v) is 9.73. The number of methoxy groups -OCH3 is 1. The lowest BCUT2D eigenvalue weighted by molar-refractivity contribution is -0.139. The van der Waals surface area contributed by atoms with Crippen molar-refractivity contribution in [3.05, 3.63) is 70.9 Å². The fourth-order valence-corrected chi connectivity index (χ4v) is 3.28. The van der Waals surface area contributed by atoms with E-state index in [-0.39, 0.29) is 12.6 Å². The minimum Gasteiger partial charge on any atom is -0.493 e. The summed E-state index contributed by atoms with van der Waals surface area (Å²) in [5.74, 6) is 0.621. The molecule has 2 amide bonds. The highest BCUT2D eigenvalue weighted by Gasteiger charge is 2.35. The summed E-state index contributed by atoms with van der Waals surface area (Å²) in [6.07, 6.45) is 0. The second-order valence-corrected chi connectivity index (χ2v) is 6.85. The molecule has 3 rings (SSSR count). The molecule has 0 saturated heterocycles. The van der Waals surface area contributed by atoms with Crippen molar-refractivity contribution in [2.24, 2.45) is 0 Å². The predicted molar refractivity (Wildman–Crippen MR) is 112 cm³/mol. The zero-order chi connectivity index (χ0) is 21.7. The minimum atomic E-state index is -0.648. The van der Waals surface area contributed by atoms with Crippen LogP contribution in [0.15, 0.2) is 59.8 Å². The van der Waals surface area contributed by atoms with E-state index in [2.05, 4.69) is 5.32 Å². The fraction of sp³-hybridized carbons (Fsp3) is 0.304. The molecule has 0 spiro atoms. The van der Waals surface area contributed by atoms with Crippen molar-refractivity contribution in [1.82, 2.24) is 10.2 Å². The van der Waals surface area contributed by atoms with Crippen LogP contribution in [0.2, 0.25) is 0 Å². The summed E-state index contributed by atoms with van der Waals surface area (Å²) >= 11 is 0. The van der Waals surface area contributed by atoms with E-state index in [0.29, 0.717) is 34.9 Å². The van der Waals surface area contributed by atoms with Gasteiger partial charge in [-0.15, -0.1) is 0 Å². The molecule has 0 unspecified atom stereocenters. The Morgan fingerprint density at radius 2 is 1.87 bits per heavy atom. The van der Waals surface area contributed by atoms with Crippen LogP contribution in [-0.4, -0.2) is 37.7 Å². The smallest absolute Gasteiger partial charge is 0.338 e. The van der Waals surface area contributed by atoms with Crippen LogP contribution in [0, 0.1) is 0 Å². The molecule has 1 aliphatic rings. The third-order valence-electron chi connectivity index (χ3n) is 5.01. The molecule has 7 heteroatoms. The summed E-state index contributed by atoms with van der Waals surface area (Å²) < 4.78 is 16.6. The van der Waals surface area contributed by atoms with Gasteiger partial charge in [-0.25, -0.2) is 9.59 Å². The van der Waals surface area contributed by atoms with Gasteiger partial charge < -0.3 is 24.4 Å². The molecule has 0 saturated carbocycles. The zero-order valence-electron chi connectivity index (χ0n) is 17.6. The highest BCUT2D eigenvalue weighted by Crippen LogP contribution is 2.36. The summed E-state index contributed by atoms with van der Waals surface area (Å²) in [6, 6.07) is 14.2. The summed E-state index contributed by atoms with van der Waals surface area (Å²) in [7, 11) is 3.16. The monoisotopic (exact) mass is 410 g/mol. The first-order chi connectivity index (χ1) is 14.5. The lowest BCUT2D eigenvalue weighted by Crippen LogP contribution is -2.46. The number of carbonyl (C=O) groups excluding carboxylic acids is 2. The van der Waals surface area contributed by atoms with E-state index in [4.69, 9.17) is 14.2 Å². The number of urea groups is 1. The first kappa shape index (κ1) is 21.2. The Kier molecular flexibility index (Phi) is 6.61. The van der Waals surface area contributed by atoms with Crippen LogP contribution >= 0.6 is 0 Å². The molecule has 0 aliphatic carbocycles. The van der Waals surface area contributed by atoms with Crippen molar-refractivity contribution in [3.63, 3.8) is 0 Å². The van der Waals surface area contributed by atoms with E-state index in [1.54, 1.807) is 40.1 Å². The Morgan fingerprint density at radius 1 is 1.13 bits per heavy atom. The topological polar surface area (TPSA) is 77.1 Å². The third-order valence-corrected chi connectivity index (χ3v) is 5.01. The van der Waals surface area contributed by atoms with Crippen molar-refractivity contribution >= 4 is 12.0 Å². The summed E-state index contributed by atoms with van der Waals surface area (Å²) in [4.78, 5) is 26.4. The van der Waals surface area contributed by atoms with Gasteiger partial charge in [0.15, 0.2) is 11.5 Å². The Hall–Kier alpha value is -3.48. The molecule has 1 atom stereocenters. The molecule has 1 N–H and O–H groups in total. The normalized spacial score (nSPS) is 16.2. The molecule has 0 radical (unpaired) electrons. The first-order valence-electron chi connectivity index (χ1n) is 9.73. The van der Waals surface area contributed by atoms with Gasteiger partial charge in [-0.3, -0.25) is 0 Å². The highest BCUT2D eigenvalue weighted by molar-refractivity contribution is 5.95. The molecule has 1 aliphatic heterocycles. The van der Waals surface area contributed by atoms with Crippen LogP contribution < -0.4 is 14.8 Å². The Labute approximate surface area is 176 Å². The van der Waals surface area contributed by atoms with E-state index in [1.807, 2.05) is 36.4 Å². The maximum absolute atomic E-state index is 12.6. The fourth-order valence-electron chi connectivity index (χ4n) is 3.28. The van der Waals surface area contributed by atoms with Gasteiger partial charge in [-0.05, 0) is 37.1 Å². The van der Waals surface area contributed by atoms with Gasteiger partial charge in [-0.1, -0.05) is 36.4 Å². The van der Waals surface area contributed by atoms with E-state index in [0.717, 1.165) is 5.56 Å². The number of nitrogens with one attached hydrogen (secondary N) is 1. The van der Waals surface area contributed by atoms with Gasteiger partial charge in [-0.2, -0.15) is 0 Å². The van der Waals surface area contributed by atoms with Crippen molar-refractivity contribution < 1.29 is 23.8 Å². The number of rotatable bonds is 7. The number of hydrogen-bond donors (Lipinski definition) is 1. The molecule has 158 valence electrons. The van der Waals surface area contributed by atoms with Crippen LogP contribution in [0.25, 0.3) is 0 Å². The van der Waals surface area contributed by atoms with Crippen molar-refractivity contribution in [2.45, 2.75) is 26.5 Å². The van der Waals surface area contributed by atoms with Crippen molar-refractivity contribution in [1.29, 1.82) is 0 Å². The summed E-state index contributed by atoms with van der Waals surface area (Å²) in [5.41, 5.74) is 2.67. The second-order valence-electron chi connectivity index (χ2n) is 6.85. The quantitative estimate of drug-likeness (QED) is 0.703. The summed E-state index contributed by atoms with van der Waals surface area (Å²) in [5, 5.41) is 2.86. The van der Waals surface area contributed by atoms with Gasteiger partial charge in [0.25, 0.3) is 0 Å². The maximum Gasteiger partial charge on any atom is 0.338 e. The van der Waals surface area contributed by atoms with Gasteiger partial charge in [0, 0.05) is 12.7 Å². The number of nitrogens with zero attached hydrogens (tertiary/aromatic N) is 1. The number of hydrogen-bond acceptors (Lipinski definition) is 5. The van der Waals surface area contributed by atoms with Crippen LogP contribution in [0.5, 0.6) is 11.5 Å². The molecule has 2 aromatic carbocycles. The number of esters is 1. The van der Waals surface area contributed by atoms with Gasteiger partial charge in [0.05, 0.1) is 25.3 Å². The molecule has 7 nitrogen and oxygen atoms in total. The number of allylic oxidation sites excluding steroid dienone is 1. The lowest BCUT2D eigenvalue weighted by atomic mass is 9.94. The molecular weight excluding hydrogens is 384 g/mol. The third kappa shape index (κ3) is 4.40. The molecular formula is C23H26N2O5. The molecule has 0 aromatic heterocycles. The average molecular weight is 410 g/mol. The highest BCUT2D eigenvalue weighted by atomic mass is 16.5. The van der Waals surface area contributed by atoms with Gasteiger partial charge in [0.1, 0.15) is 6.61 Å². The van der Waals surface area contributed by atoms with Crippen LogP contribution in [0.4, 0.5) is 4.79 Å². The van der Waals surface area contributed by atoms with Gasteiger partial charge >= 0.3 is 12.0 Å². The number of carbonyl (C=O) groups is 2. The van der Waals surface area contributed by atoms with E-state index in [1.165, 1.54) is 4.90 Å². The van der Waals surface area contributed by atoms with E-state index < -0.39 is 12.0 Å². The summed E-state index contributed by atoms with van der Waals surface area (Å²) in [6.45, 7) is 4.12. The Balaban J connectivity index is 1.91. The van der Waals surface area contributed by atoms with Crippen molar-refractivity contribution in [2.75, 3.05) is 20.8 Å². The van der Waals surface area contributed by atoms with Crippen molar-refractivity contribution in [3.8, 4) is 11.5 Å². The molecule has 0 fully saturated rings. The van der Waals surface area contributed by atoms with Crippen LogP contribution in [0.1, 0.15) is 31.0 Å². The number of benzene rings is 2. The lowest BCUT2D eigenvalue weighted by Gasteiger charge is -2.33. The molecule has 1 heterocycles. The second kappa shape index (κ2) is 9.35. The Bertz CT molecular complexity index is 955. The standard InChI is InChI=1S/C23H26N2O5/c1-5-29-22(26)20-15(2)25(3)23(27)24-21(20)17-11-12-18(19(13-17)28-4)30-14-16-9-7-6-8-10-16/h6-13,21H,5,14H2,1-4H3,(H,24,27)/t21-/m0/s1. The average Bonchev–Trinajstić information content (AvgIpc) is 2.76. The minimum absolute atomic E-state index is 0.246. The van der Waals surface area contributed by atoms with Gasteiger partial charge in [0.2, 0.25) is 0 Å². The van der Waals surface area contributed by atoms with Crippen LogP contribution in [0.3, 0.4) is 0 Å². The molecule has 2 aromatic rings. The zero-order valence-corrected chi connectivity index (χ0v) is 17.6. The number of ether oxygens (including phenoxy) is 3. The number of amides is 2. The molecule has 30 heavy (non-hydrogen) atoms. The predicted octanol–water partition coefficient (Wildman–Crippen LogP) is 3.81.